The van der Waals surface area contributed by atoms with Gasteiger partial charge in [0.05, 0.1) is 5.02 Å². The van der Waals surface area contributed by atoms with E-state index in [1.54, 1.807) is 23.7 Å². The molecular formula is C13H17ClN4S. The molecule has 0 aliphatic carbocycles. The van der Waals surface area contributed by atoms with Crippen LogP contribution in [0.1, 0.15) is 18.9 Å². The molecule has 2 rings (SSSR count). The van der Waals surface area contributed by atoms with Gasteiger partial charge in [-0.05, 0) is 18.5 Å². The van der Waals surface area contributed by atoms with Gasteiger partial charge in [-0.25, -0.2) is 0 Å². The zero-order chi connectivity index (χ0) is 13.7. The van der Waals surface area contributed by atoms with Crippen molar-refractivity contribution in [2.45, 2.75) is 20.3 Å². The first-order valence-corrected chi connectivity index (χ1v) is 7.49. The maximum absolute atomic E-state index is 6.09. The van der Waals surface area contributed by atoms with Crippen LogP contribution in [0.15, 0.2) is 18.5 Å². The van der Waals surface area contributed by atoms with Crippen LogP contribution in [0.5, 0.6) is 0 Å². The lowest BCUT2D eigenvalue weighted by atomic mass is 10.2. The molecule has 0 atom stereocenters. The summed E-state index contributed by atoms with van der Waals surface area (Å²) in [6.45, 7) is 6.35. The Labute approximate surface area is 122 Å². The molecule has 19 heavy (non-hydrogen) atoms. The van der Waals surface area contributed by atoms with Crippen LogP contribution >= 0.6 is 22.9 Å². The molecule has 2 heterocycles. The normalized spacial score (nSPS) is 11.2. The Morgan fingerprint density at radius 2 is 2.21 bits per heavy atom. The summed E-state index contributed by atoms with van der Waals surface area (Å²) in [6, 6.07) is 1.86. The van der Waals surface area contributed by atoms with Crippen molar-refractivity contribution in [3.8, 4) is 10.6 Å². The number of nitrogens with zero attached hydrogens (tertiary/aromatic N) is 3. The third-order valence-electron chi connectivity index (χ3n) is 2.54. The van der Waals surface area contributed by atoms with E-state index in [-0.39, 0.29) is 0 Å². The number of hydrogen-bond acceptors (Lipinski definition) is 5. The summed E-state index contributed by atoms with van der Waals surface area (Å²) in [4.78, 5) is 3.97. The lowest BCUT2D eigenvalue weighted by molar-refractivity contribution is 0.553. The van der Waals surface area contributed by atoms with Gasteiger partial charge in [-0.3, -0.25) is 4.98 Å². The molecule has 0 radical (unpaired) electrons. The van der Waals surface area contributed by atoms with E-state index in [2.05, 4.69) is 34.3 Å². The summed E-state index contributed by atoms with van der Waals surface area (Å²) in [6.07, 6.45) is 4.24. The Morgan fingerprint density at radius 1 is 1.37 bits per heavy atom. The van der Waals surface area contributed by atoms with Crippen LogP contribution in [0, 0.1) is 5.92 Å². The average molecular weight is 297 g/mol. The number of aromatic nitrogens is 3. The molecule has 0 saturated carbocycles. The van der Waals surface area contributed by atoms with Crippen LogP contribution in [0.25, 0.3) is 10.6 Å². The predicted octanol–water partition coefficient (Wildman–Crippen LogP) is 3.04. The van der Waals surface area contributed by atoms with E-state index in [4.69, 9.17) is 11.6 Å². The molecule has 0 spiro atoms. The van der Waals surface area contributed by atoms with Crippen molar-refractivity contribution < 1.29 is 0 Å². The van der Waals surface area contributed by atoms with E-state index >= 15 is 0 Å². The van der Waals surface area contributed by atoms with Crippen molar-refractivity contribution in [1.82, 2.24) is 20.5 Å². The van der Waals surface area contributed by atoms with Gasteiger partial charge in [0.15, 0.2) is 0 Å². The van der Waals surface area contributed by atoms with Crippen LogP contribution < -0.4 is 5.32 Å². The summed E-state index contributed by atoms with van der Waals surface area (Å²) in [7, 11) is 0. The van der Waals surface area contributed by atoms with Crippen LogP contribution in [0.3, 0.4) is 0 Å². The molecule has 0 aliphatic heterocycles. The molecule has 0 bridgehead atoms. The van der Waals surface area contributed by atoms with Gasteiger partial charge in [0.2, 0.25) is 0 Å². The zero-order valence-corrected chi connectivity index (χ0v) is 12.6. The molecule has 2 aromatic heterocycles. The third kappa shape index (κ3) is 4.23. The van der Waals surface area contributed by atoms with Crippen molar-refractivity contribution in [3.63, 3.8) is 0 Å². The Hall–Kier alpha value is -1.04. The summed E-state index contributed by atoms with van der Waals surface area (Å²) in [5.41, 5.74) is 0.899. The molecule has 0 fully saturated rings. The lowest BCUT2D eigenvalue weighted by Crippen LogP contribution is -2.22. The Bertz CT molecular complexity index is 527. The summed E-state index contributed by atoms with van der Waals surface area (Å²) >= 11 is 7.68. The monoisotopic (exact) mass is 296 g/mol. The molecule has 2 aromatic rings. The molecule has 4 nitrogen and oxygen atoms in total. The molecule has 0 aromatic carbocycles. The highest BCUT2D eigenvalue weighted by atomic mass is 35.5. The molecule has 0 aliphatic rings. The van der Waals surface area contributed by atoms with E-state index in [1.165, 1.54) is 0 Å². The first-order valence-electron chi connectivity index (χ1n) is 6.30. The van der Waals surface area contributed by atoms with Gasteiger partial charge in [0.25, 0.3) is 0 Å². The second kappa shape index (κ2) is 6.93. The Balaban J connectivity index is 1.94. The second-order valence-corrected chi connectivity index (χ2v) is 6.17. The predicted molar refractivity (Wildman–Crippen MR) is 79.6 cm³/mol. The van der Waals surface area contributed by atoms with E-state index in [0.29, 0.717) is 10.9 Å². The first-order chi connectivity index (χ1) is 9.16. The fraction of sp³-hybridized carbons (Fsp3) is 0.462. The van der Waals surface area contributed by atoms with Crippen molar-refractivity contribution in [3.05, 3.63) is 28.5 Å². The smallest absolute Gasteiger partial charge is 0.149 e. The highest BCUT2D eigenvalue weighted by Gasteiger charge is 2.09. The maximum Gasteiger partial charge on any atom is 0.149 e. The highest BCUT2D eigenvalue weighted by Crippen LogP contribution is 2.29. The van der Waals surface area contributed by atoms with Gasteiger partial charge >= 0.3 is 0 Å². The lowest BCUT2D eigenvalue weighted by Gasteiger charge is -2.05. The van der Waals surface area contributed by atoms with Crippen LogP contribution in [-0.2, 0) is 6.42 Å². The molecular weight excluding hydrogens is 280 g/mol. The average Bonchev–Trinajstić information content (AvgIpc) is 2.83. The first kappa shape index (κ1) is 14.4. The molecule has 0 unspecified atom stereocenters. The second-order valence-electron chi connectivity index (χ2n) is 4.70. The fourth-order valence-electron chi connectivity index (χ4n) is 1.60. The maximum atomic E-state index is 6.09. The minimum Gasteiger partial charge on any atom is -0.316 e. The van der Waals surface area contributed by atoms with Gasteiger partial charge < -0.3 is 5.32 Å². The Kier molecular flexibility index (Phi) is 5.24. The zero-order valence-electron chi connectivity index (χ0n) is 11.1. The largest absolute Gasteiger partial charge is 0.316 e. The minimum absolute atomic E-state index is 0.614. The van der Waals surface area contributed by atoms with Gasteiger partial charge in [-0.2, -0.15) is 0 Å². The van der Waals surface area contributed by atoms with Crippen LogP contribution in [-0.4, -0.2) is 28.3 Å². The van der Waals surface area contributed by atoms with Crippen molar-refractivity contribution in [1.29, 1.82) is 0 Å². The van der Waals surface area contributed by atoms with Gasteiger partial charge in [0.1, 0.15) is 10.0 Å². The highest BCUT2D eigenvalue weighted by molar-refractivity contribution is 7.14. The van der Waals surface area contributed by atoms with Gasteiger partial charge in [0, 0.05) is 30.9 Å². The van der Waals surface area contributed by atoms with E-state index in [0.717, 1.165) is 35.1 Å². The van der Waals surface area contributed by atoms with Crippen molar-refractivity contribution in [2.75, 3.05) is 13.1 Å². The molecule has 1 N–H and O–H groups in total. The summed E-state index contributed by atoms with van der Waals surface area (Å²) in [5, 5.41) is 14.3. The van der Waals surface area contributed by atoms with E-state index in [1.807, 2.05) is 6.07 Å². The standard InChI is InChI=1S/C13H17ClN4S/c1-9(2)7-15-6-4-12-17-18-13(19-12)10-3-5-16-8-11(10)14/h3,5,8-9,15H,4,6-7H2,1-2H3. The summed E-state index contributed by atoms with van der Waals surface area (Å²) < 4.78 is 0. The number of rotatable bonds is 6. The van der Waals surface area contributed by atoms with Gasteiger partial charge in [-0.15, -0.1) is 10.2 Å². The third-order valence-corrected chi connectivity index (χ3v) is 3.86. The number of hydrogen-bond donors (Lipinski definition) is 1. The number of pyridine rings is 1. The fourth-order valence-corrected chi connectivity index (χ4v) is 2.74. The van der Waals surface area contributed by atoms with Crippen molar-refractivity contribution in [2.24, 2.45) is 5.92 Å². The SMILES string of the molecule is CC(C)CNCCc1nnc(-c2ccncc2Cl)s1. The molecule has 0 saturated heterocycles. The van der Waals surface area contributed by atoms with Crippen LogP contribution in [0.2, 0.25) is 5.02 Å². The van der Waals surface area contributed by atoms with E-state index in [9.17, 15) is 0 Å². The number of nitrogens with one attached hydrogen (secondary N) is 1. The Morgan fingerprint density at radius 3 is 2.95 bits per heavy atom. The summed E-state index contributed by atoms with van der Waals surface area (Å²) in [5.74, 6) is 0.667. The minimum atomic E-state index is 0.614. The van der Waals surface area contributed by atoms with Crippen molar-refractivity contribution >= 4 is 22.9 Å². The van der Waals surface area contributed by atoms with Gasteiger partial charge in [-0.1, -0.05) is 36.8 Å². The molecule has 0 amide bonds. The molecule has 6 heteroatoms. The topological polar surface area (TPSA) is 50.7 Å². The molecule has 102 valence electrons. The van der Waals surface area contributed by atoms with E-state index < -0.39 is 0 Å². The van der Waals surface area contributed by atoms with Crippen LogP contribution in [0.4, 0.5) is 0 Å². The quantitative estimate of drug-likeness (QED) is 0.833. The number of halogens is 1.